The molecule has 0 aromatic heterocycles. The number of hydrogen-bond acceptors (Lipinski definition) is 4. The van der Waals surface area contributed by atoms with Crippen LogP contribution in [-0.2, 0) is 10.0 Å². The summed E-state index contributed by atoms with van der Waals surface area (Å²) in [6.45, 7) is 3.74. The standard InChI is InChI=1S/C14H23FN2O3S/c1-3-4-11(5-6-18)9-17-21(19,20)12-7-10(2)14(15)13(16)8-12/h7-8,11,17-18H,3-6,9,16H2,1-2H3. The van der Waals surface area contributed by atoms with E-state index in [9.17, 15) is 12.8 Å². The van der Waals surface area contributed by atoms with E-state index in [1.807, 2.05) is 6.92 Å². The van der Waals surface area contributed by atoms with Crippen LogP contribution in [0.4, 0.5) is 10.1 Å². The zero-order chi connectivity index (χ0) is 16.0. The number of nitrogen functional groups attached to an aromatic ring is 1. The minimum absolute atomic E-state index is 0.0228. The average molecular weight is 318 g/mol. The van der Waals surface area contributed by atoms with Crippen LogP contribution >= 0.6 is 0 Å². The number of anilines is 1. The third-order valence-electron chi connectivity index (χ3n) is 3.36. The van der Waals surface area contributed by atoms with Gasteiger partial charge < -0.3 is 10.8 Å². The molecule has 1 atom stereocenters. The van der Waals surface area contributed by atoms with Crippen molar-refractivity contribution < 1.29 is 17.9 Å². The highest BCUT2D eigenvalue weighted by molar-refractivity contribution is 7.89. The number of aryl methyl sites for hydroxylation is 1. The number of aliphatic hydroxyl groups excluding tert-OH is 1. The fourth-order valence-corrected chi connectivity index (χ4v) is 3.40. The Hall–Kier alpha value is -1.18. The Morgan fingerprint density at radius 2 is 2.05 bits per heavy atom. The first kappa shape index (κ1) is 17.9. The van der Waals surface area contributed by atoms with Crippen LogP contribution in [0.15, 0.2) is 17.0 Å². The van der Waals surface area contributed by atoms with E-state index in [0.717, 1.165) is 18.9 Å². The molecule has 120 valence electrons. The minimum Gasteiger partial charge on any atom is -0.396 e. The lowest BCUT2D eigenvalue weighted by atomic mass is 10.0. The molecule has 0 fully saturated rings. The van der Waals surface area contributed by atoms with Crippen molar-refractivity contribution in [3.63, 3.8) is 0 Å². The smallest absolute Gasteiger partial charge is 0.240 e. The van der Waals surface area contributed by atoms with Crippen molar-refractivity contribution in [2.45, 2.75) is 38.0 Å². The predicted octanol–water partition coefficient (Wildman–Crippen LogP) is 1.79. The van der Waals surface area contributed by atoms with Crippen LogP contribution in [0, 0.1) is 18.7 Å². The van der Waals surface area contributed by atoms with Crippen LogP contribution in [0.25, 0.3) is 0 Å². The Labute approximate surface area is 125 Å². The molecule has 0 amide bonds. The van der Waals surface area contributed by atoms with Crippen molar-refractivity contribution in [3.05, 3.63) is 23.5 Å². The lowest BCUT2D eigenvalue weighted by Crippen LogP contribution is -2.30. The van der Waals surface area contributed by atoms with Crippen LogP contribution < -0.4 is 10.5 Å². The van der Waals surface area contributed by atoms with Crippen LogP contribution in [0.3, 0.4) is 0 Å². The second kappa shape index (κ2) is 7.72. The summed E-state index contributed by atoms with van der Waals surface area (Å²) in [5.74, 6) is -0.522. The maximum absolute atomic E-state index is 13.4. The van der Waals surface area contributed by atoms with Gasteiger partial charge in [0.1, 0.15) is 5.82 Å². The van der Waals surface area contributed by atoms with E-state index in [4.69, 9.17) is 10.8 Å². The van der Waals surface area contributed by atoms with Crippen LogP contribution in [-0.4, -0.2) is 26.7 Å². The van der Waals surface area contributed by atoms with Gasteiger partial charge in [0.15, 0.2) is 0 Å². The lowest BCUT2D eigenvalue weighted by molar-refractivity contribution is 0.251. The highest BCUT2D eigenvalue weighted by Gasteiger charge is 2.19. The van der Waals surface area contributed by atoms with Crippen molar-refractivity contribution in [1.82, 2.24) is 4.72 Å². The van der Waals surface area contributed by atoms with Crippen molar-refractivity contribution in [1.29, 1.82) is 0 Å². The van der Waals surface area contributed by atoms with E-state index in [2.05, 4.69) is 4.72 Å². The largest absolute Gasteiger partial charge is 0.396 e. The number of rotatable bonds is 8. The fraction of sp³-hybridized carbons (Fsp3) is 0.571. The number of sulfonamides is 1. The van der Waals surface area contributed by atoms with Gasteiger partial charge >= 0.3 is 0 Å². The summed E-state index contributed by atoms with van der Waals surface area (Å²) in [5, 5.41) is 8.98. The Balaban J connectivity index is 2.86. The molecule has 0 aliphatic rings. The molecule has 1 rings (SSSR count). The highest BCUT2D eigenvalue weighted by Crippen LogP contribution is 2.21. The summed E-state index contributed by atoms with van der Waals surface area (Å²) in [7, 11) is -3.73. The predicted molar refractivity (Wildman–Crippen MR) is 80.8 cm³/mol. The molecule has 21 heavy (non-hydrogen) atoms. The number of nitrogens with two attached hydrogens (primary N) is 1. The number of aliphatic hydroxyl groups is 1. The molecule has 1 aromatic rings. The molecule has 1 unspecified atom stereocenters. The van der Waals surface area contributed by atoms with Gasteiger partial charge in [0.2, 0.25) is 10.0 Å². The normalized spacial score (nSPS) is 13.3. The molecule has 0 saturated heterocycles. The van der Waals surface area contributed by atoms with Crippen molar-refractivity contribution >= 4 is 15.7 Å². The van der Waals surface area contributed by atoms with Gasteiger partial charge in [-0.25, -0.2) is 17.5 Å². The van der Waals surface area contributed by atoms with E-state index in [0.29, 0.717) is 6.42 Å². The summed E-state index contributed by atoms with van der Waals surface area (Å²) in [6.07, 6.45) is 2.28. The molecule has 1 aromatic carbocycles. The zero-order valence-electron chi connectivity index (χ0n) is 12.4. The van der Waals surface area contributed by atoms with Gasteiger partial charge in [0, 0.05) is 13.2 Å². The van der Waals surface area contributed by atoms with Gasteiger partial charge in [-0.15, -0.1) is 0 Å². The molecule has 7 heteroatoms. The molecule has 0 radical (unpaired) electrons. The Kier molecular flexibility index (Phi) is 6.57. The summed E-state index contributed by atoms with van der Waals surface area (Å²) in [5.41, 5.74) is 5.48. The van der Waals surface area contributed by atoms with Crippen LogP contribution in [0.5, 0.6) is 0 Å². The monoisotopic (exact) mass is 318 g/mol. The maximum Gasteiger partial charge on any atom is 0.240 e. The molecule has 5 nitrogen and oxygen atoms in total. The van der Waals surface area contributed by atoms with Crippen LogP contribution in [0.2, 0.25) is 0 Å². The van der Waals surface area contributed by atoms with Gasteiger partial charge in [-0.3, -0.25) is 0 Å². The van der Waals surface area contributed by atoms with Gasteiger partial charge in [-0.05, 0) is 43.4 Å². The van der Waals surface area contributed by atoms with Gasteiger partial charge in [-0.2, -0.15) is 0 Å². The fourth-order valence-electron chi connectivity index (χ4n) is 2.17. The number of benzene rings is 1. The number of nitrogens with one attached hydrogen (secondary N) is 1. The number of hydrogen-bond donors (Lipinski definition) is 3. The first-order chi connectivity index (χ1) is 9.81. The summed E-state index contributed by atoms with van der Waals surface area (Å²) in [6, 6.07) is 2.38. The molecular weight excluding hydrogens is 295 g/mol. The molecule has 0 heterocycles. The Morgan fingerprint density at radius 3 is 2.57 bits per heavy atom. The number of halogens is 1. The van der Waals surface area contributed by atoms with E-state index in [-0.39, 0.29) is 35.2 Å². The lowest BCUT2D eigenvalue weighted by Gasteiger charge is -2.16. The first-order valence-electron chi connectivity index (χ1n) is 6.98. The van der Waals surface area contributed by atoms with Crippen molar-refractivity contribution in [3.8, 4) is 0 Å². The van der Waals surface area contributed by atoms with E-state index >= 15 is 0 Å². The van der Waals surface area contributed by atoms with Gasteiger partial charge in [0.25, 0.3) is 0 Å². The molecule has 0 aliphatic carbocycles. The summed E-state index contributed by atoms with van der Waals surface area (Å²) < 4.78 is 40.4. The highest BCUT2D eigenvalue weighted by atomic mass is 32.2. The third kappa shape index (κ3) is 4.94. The van der Waals surface area contributed by atoms with Crippen LogP contribution in [0.1, 0.15) is 31.7 Å². The average Bonchev–Trinajstić information content (AvgIpc) is 2.42. The second-order valence-electron chi connectivity index (χ2n) is 5.16. The van der Waals surface area contributed by atoms with Crippen molar-refractivity contribution in [2.24, 2.45) is 5.92 Å². The third-order valence-corrected chi connectivity index (χ3v) is 4.77. The summed E-state index contributed by atoms with van der Waals surface area (Å²) in [4.78, 5) is -0.0434. The zero-order valence-corrected chi connectivity index (χ0v) is 13.2. The second-order valence-corrected chi connectivity index (χ2v) is 6.93. The Morgan fingerprint density at radius 1 is 1.38 bits per heavy atom. The SMILES string of the molecule is CCCC(CCO)CNS(=O)(=O)c1cc(C)c(F)c(N)c1. The molecule has 0 spiro atoms. The first-order valence-corrected chi connectivity index (χ1v) is 8.46. The molecule has 0 saturated carbocycles. The molecule has 4 N–H and O–H groups in total. The maximum atomic E-state index is 13.4. The summed E-state index contributed by atoms with van der Waals surface area (Å²) >= 11 is 0. The van der Waals surface area contributed by atoms with E-state index in [1.165, 1.54) is 13.0 Å². The molecule has 0 bridgehead atoms. The minimum atomic E-state index is -3.73. The quantitative estimate of drug-likeness (QED) is 0.637. The van der Waals surface area contributed by atoms with Gasteiger partial charge in [0.05, 0.1) is 10.6 Å². The molecule has 0 aliphatic heterocycles. The van der Waals surface area contributed by atoms with E-state index < -0.39 is 15.8 Å². The topological polar surface area (TPSA) is 92.4 Å². The molecular formula is C14H23FN2O3S. The van der Waals surface area contributed by atoms with Crippen molar-refractivity contribution in [2.75, 3.05) is 18.9 Å². The van der Waals surface area contributed by atoms with Gasteiger partial charge in [-0.1, -0.05) is 13.3 Å². The Bertz CT molecular complexity index is 547. The van der Waals surface area contributed by atoms with E-state index in [1.54, 1.807) is 0 Å².